The molecule has 0 saturated heterocycles. The second-order valence-corrected chi connectivity index (χ2v) is 7.44. The number of Topliss-reactive ketones (excluding diaryl/α,β-unsaturated/α-hetero) is 1. The molecule has 0 aliphatic heterocycles. The van der Waals surface area contributed by atoms with E-state index in [1.807, 2.05) is 12.1 Å². The summed E-state index contributed by atoms with van der Waals surface area (Å²) in [5, 5.41) is 9.72. The molecule has 0 aromatic heterocycles. The summed E-state index contributed by atoms with van der Waals surface area (Å²) in [4.78, 5) is 12.9. The molecule has 1 aromatic carbocycles. The molecule has 3 aliphatic carbocycles. The van der Waals surface area contributed by atoms with E-state index in [0.29, 0.717) is 5.92 Å². The van der Waals surface area contributed by atoms with E-state index in [2.05, 4.69) is 6.07 Å². The standard InChI is InChI=1S/C19H24O3/c20-15-6-8-19(9-7-15)11-14-4-5-16(10-17(14)18(19)21)22-12-13-2-1-3-13/h4-5,10,13,15,20H,1-3,6-9,11-12H2/t15-,19+. The number of ether oxygens (including phenoxy) is 1. The maximum absolute atomic E-state index is 12.9. The van der Waals surface area contributed by atoms with Gasteiger partial charge in [-0.2, -0.15) is 0 Å². The van der Waals surface area contributed by atoms with E-state index in [4.69, 9.17) is 4.74 Å². The fraction of sp³-hybridized carbons (Fsp3) is 0.632. The Morgan fingerprint density at radius 2 is 1.95 bits per heavy atom. The highest BCUT2D eigenvalue weighted by Gasteiger charge is 2.47. The number of ketones is 1. The van der Waals surface area contributed by atoms with Gasteiger partial charge in [0.05, 0.1) is 12.7 Å². The molecular weight excluding hydrogens is 276 g/mol. The highest BCUT2D eigenvalue weighted by atomic mass is 16.5. The van der Waals surface area contributed by atoms with E-state index >= 15 is 0 Å². The van der Waals surface area contributed by atoms with Crippen molar-refractivity contribution in [2.45, 2.75) is 57.5 Å². The maximum atomic E-state index is 12.9. The molecule has 3 aliphatic rings. The normalized spacial score (nSPS) is 31.1. The van der Waals surface area contributed by atoms with Crippen LogP contribution in [0.4, 0.5) is 0 Å². The van der Waals surface area contributed by atoms with E-state index in [9.17, 15) is 9.90 Å². The Balaban J connectivity index is 1.50. The van der Waals surface area contributed by atoms with Crippen molar-refractivity contribution in [2.75, 3.05) is 6.61 Å². The van der Waals surface area contributed by atoms with Crippen LogP contribution < -0.4 is 4.74 Å². The minimum absolute atomic E-state index is 0.219. The first-order valence-electron chi connectivity index (χ1n) is 8.65. The largest absolute Gasteiger partial charge is 0.493 e. The van der Waals surface area contributed by atoms with Crippen LogP contribution in [-0.2, 0) is 6.42 Å². The summed E-state index contributed by atoms with van der Waals surface area (Å²) in [5.74, 6) is 1.82. The lowest BCUT2D eigenvalue weighted by molar-refractivity contribution is 0.0513. The molecule has 2 fully saturated rings. The molecule has 0 radical (unpaired) electrons. The third-order valence-corrected chi connectivity index (χ3v) is 5.96. The summed E-state index contributed by atoms with van der Waals surface area (Å²) < 4.78 is 5.88. The Kier molecular flexibility index (Phi) is 3.48. The molecule has 0 atom stereocenters. The monoisotopic (exact) mass is 300 g/mol. The quantitative estimate of drug-likeness (QED) is 0.929. The Hall–Kier alpha value is -1.35. The number of aliphatic hydroxyl groups excluding tert-OH is 1. The smallest absolute Gasteiger partial charge is 0.169 e. The van der Waals surface area contributed by atoms with Crippen molar-refractivity contribution in [1.82, 2.24) is 0 Å². The molecule has 0 amide bonds. The van der Waals surface area contributed by atoms with Gasteiger partial charge in [-0.3, -0.25) is 4.79 Å². The van der Waals surface area contributed by atoms with Gasteiger partial charge in [0.1, 0.15) is 5.75 Å². The lowest BCUT2D eigenvalue weighted by Crippen LogP contribution is -2.34. The van der Waals surface area contributed by atoms with Crippen molar-refractivity contribution >= 4 is 5.78 Å². The Labute approximate surface area is 131 Å². The number of hydrogen-bond donors (Lipinski definition) is 1. The molecule has 4 rings (SSSR count). The topological polar surface area (TPSA) is 46.5 Å². The molecule has 0 bridgehead atoms. The molecule has 1 spiro atoms. The van der Waals surface area contributed by atoms with E-state index < -0.39 is 0 Å². The molecule has 1 aromatic rings. The van der Waals surface area contributed by atoms with Crippen molar-refractivity contribution in [2.24, 2.45) is 11.3 Å². The second-order valence-electron chi connectivity index (χ2n) is 7.44. The predicted molar refractivity (Wildman–Crippen MR) is 84.2 cm³/mol. The van der Waals surface area contributed by atoms with E-state index in [0.717, 1.165) is 55.6 Å². The van der Waals surface area contributed by atoms with Gasteiger partial charge in [-0.25, -0.2) is 0 Å². The van der Waals surface area contributed by atoms with Gasteiger partial charge in [0.25, 0.3) is 0 Å². The van der Waals surface area contributed by atoms with Crippen LogP contribution >= 0.6 is 0 Å². The van der Waals surface area contributed by atoms with E-state index in [1.165, 1.54) is 19.3 Å². The fourth-order valence-corrected chi connectivity index (χ4v) is 4.17. The van der Waals surface area contributed by atoms with Crippen LogP contribution in [0.3, 0.4) is 0 Å². The summed E-state index contributed by atoms with van der Waals surface area (Å²) >= 11 is 0. The number of benzene rings is 1. The third-order valence-electron chi connectivity index (χ3n) is 5.96. The van der Waals surface area contributed by atoms with E-state index in [1.54, 1.807) is 0 Å². The number of fused-ring (bicyclic) bond motifs is 1. The maximum Gasteiger partial charge on any atom is 0.169 e. The molecule has 22 heavy (non-hydrogen) atoms. The van der Waals surface area contributed by atoms with Crippen molar-refractivity contribution in [3.8, 4) is 5.75 Å². The predicted octanol–water partition coefficient (Wildman–Crippen LogP) is 3.53. The Morgan fingerprint density at radius 1 is 1.18 bits per heavy atom. The Bertz CT molecular complexity index is 580. The minimum atomic E-state index is -0.242. The number of carbonyl (C=O) groups is 1. The SMILES string of the molecule is O=C1c2cc(OCC3CCC3)ccc2C[C@]12CC[C@H](O)CC2. The molecule has 1 N–H and O–H groups in total. The van der Waals surface area contributed by atoms with Crippen LogP contribution in [0, 0.1) is 11.3 Å². The van der Waals surface area contributed by atoms with Crippen LogP contribution in [0.5, 0.6) is 5.75 Å². The average Bonchev–Trinajstić information content (AvgIpc) is 2.74. The van der Waals surface area contributed by atoms with Gasteiger partial charge in [0.15, 0.2) is 5.78 Å². The molecule has 0 heterocycles. The zero-order valence-electron chi connectivity index (χ0n) is 13.0. The van der Waals surface area contributed by atoms with Gasteiger partial charge in [-0.1, -0.05) is 12.5 Å². The second kappa shape index (κ2) is 5.38. The Morgan fingerprint density at radius 3 is 2.64 bits per heavy atom. The molecule has 3 heteroatoms. The highest BCUT2D eigenvalue weighted by molar-refractivity contribution is 6.05. The summed E-state index contributed by atoms with van der Waals surface area (Å²) in [6.07, 6.45) is 7.64. The van der Waals surface area contributed by atoms with Crippen LogP contribution in [0.15, 0.2) is 18.2 Å². The third kappa shape index (κ3) is 2.36. The van der Waals surface area contributed by atoms with Gasteiger partial charge in [-0.15, -0.1) is 0 Å². The first-order valence-corrected chi connectivity index (χ1v) is 8.65. The lowest BCUT2D eigenvalue weighted by atomic mass is 9.70. The van der Waals surface area contributed by atoms with Crippen molar-refractivity contribution in [3.63, 3.8) is 0 Å². The fourth-order valence-electron chi connectivity index (χ4n) is 4.17. The zero-order chi connectivity index (χ0) is 15.2. The van der Waals surface area contributed by atoms with Gasteiger partial charge in [0, 0.05) is 11.0 Å². The summed E-state index contributed by atoms with van der Waals surface area (Å²) in [6, 6.07) is 6.04. The van der Waals surface area contributed by atoms with Crippen LogP contribution in [-0.4, -0.2) is 23.6 Å². The zero-order valence-corrected chi connectivity index (χ0v) is 13.0. The summed E-state index contributed by atoms with van der Waals surface area (Å²) in [5.41, 5.74) is 1.79. The van der Waals surface area contributed by atoms with Crippen LogP contribution in [0.25, 0.3) is 0 Å². The molecule has 3 nitrogen and oxygen atoms in total. The van der Waals surface area contributed by atoms with Crippen molar-refractivity contribution in [3.05, 3.63) is 29.3 Å². The first-order chi connectivity index (χ1) is 10.7. The van der Waals surface area contributed by atoms with Crippen LogP contribution in [0.2, 0.25) is 0 Å². The number of hydrogen-bond acceptors (Lipinski definition) is 3. The lowest BCUT2D eigenvalue weighted by Gasteiger charge is -2.33. The van der Waals surface area contributed by atoms with Gasteiger partial charge in [0.2, 0.25) is 0 Å². The first kappa shape index (κ1) is 14.3. The number of aliphatic hydroxyl groups is 1. The van der Waals surface area contributed by atoms with Crippen LogP contribution in [0.1, 0.15) is 60.9 Å². The summed E-state index contributed by atoms with van der Waals surface area (Å²) in [7, 11) is 0. The summed E-state index contributed by atoms with van der Waals surface area (Å²) in [6.45, 7) is 0.782. The molecule has 0 unspecified atom stereocenters. The van der Waals surface area contributed by atoms with Gasteiger partial charge in [-0.05, 0) is 68.6 Å². The van der Waals surface area contributed by atoms with Crippen molar-refractivity contribution < 1.29 is 14.6 Å². The number of carbonyl (C=O) groups excluding carboxylic acids is 1. The van der Waals surface area contributed by atoms with Gasteiger partial charge < -0.3 is 9.84 Å². The molecule has 118 valence electrons. The average molecular weight is 300 g/mol. The van der Waals surface area contributed by atoms with Gasteiger partial charge >= 0.3 is 0 Å². The minimum Gasteiger partial charge on any atom is -0.493 e. The molecular formula is C19H24O3. The number of rotatable bonds is 3. The van der Waals surface area contributed by atoms with Crippen molar-refractivity contribution in [1.29, 1.82) is 0 Å². The highest BCUT2D eigenvalue weighted by Crippen LogP contribution is 2.47. The molecule has 2 saturated carbocycles. The van der Waals surface area contributed by atoms with E-state index in [-0.39, 0.29) is 17.3 Å².